The van der Waals surface area contributed by atoms with Crippen LogP contribution in [0.5, 0.6) is 5.88 Å². The summed E-state index contributed by atoms with van der Waals surface area (Å²) in [5.74, 6) is 0.623. The van der Waals surface area contributed by atoms with E-state index in [4.69, 9.17) is 4.74 Å². The maximum absolute atomic E-state index is 12.3. The Kier molecular flexibility index (Phi) is 4.60. The van der Waals surface area contributed by atoms with Crippen LogP contribution in [0.1, 0.15) is 32.3 Å². The molecular formula is C15H23N3O2. The van der Waals surface area contributed by atoms with Gasteiger partial charge in [-0.2, -0.15) is 0 Å². The SMILES string of the molecule is COc1cc(CNC(=O)C2NCCCC2(C)C)ccn1. The Morgan fingerprint density at radius 2 is 2.40 bits per heavy atom. The van der Waals surface area contributed by atoms with Gasteiger partial charge in [0, 0.05) is 18.8 Å². The van der Waals surface area contributed by atoms with Gasteiger partial charge in [-0.1, -0.05) is 13.8 Å². The molecule has 0 aromatic carbocycles. The van der Waals surface area contributed by atoms with E-state index in [0.717, 1.165) is 24.9 Å². The summed E-state index contributed by atoms with van der Waals surface area (Å²) < 4.78 is 5.07. The lowest BCUT2D eigenvalue weighted by atomic mass is 9.77. The quantitative estimate of drug-likeness (QED) is 0.875. The minimum atomic E-state index is -0.125. The summed E-state index contributed by atoms with van der Waals surface area (Å²) >= 11 is 0. The fraction of sp³-hybridized carbons (Fsp3) is 0.600. The number of aromatic nitrogens is 1. The highest BCUT2D eigenvalue weighted by Crippen LogP contribution is 2.30. The normalized spacial score (nSPS) is 21.2. The lowest BCUT2D eigenvalue weighted by Gasteiger charge is -2.38. The van der Waals surface area contributed by atoms with E-state index in [1.54, 1.807) is 13.3 Å². The Labute approximate surface area is 120 Å². The number of hydrogen-bond donors (Lipinski definition) is 2. The fourth-order valence-corrected chi connectivity index (χ4v) is 2.62. The molecule has 5 heteroatoms. The average Bonchev–Trinajstić information content (AvgIpc) is 2.44. The Balaban J connectivity index is 1.94. The summed E-state index contributed by atoms with van der Waals surface area (Å²) in [7, 11) is 1.58. The number of nitrogens with zero attached hydrogens (tertiary/aromatic N) is 1. The molecule has 110 valence electrons. The molecule has 0 bridgehead atoms. The molecule has 1 saturated heterocycles. The van der Waals surface area contributed by atoms with Gasteiger partial charge in [0.2, 0.25) is 11.8 Å². The molecular weight excluding hydrogens is 254 g/mol. The maximum atomic E-state index is 12.3. The number of piperidine rings is 1. The van der Waals surface area contributed by atoms with Crippen LogP contribution in [-0.2, 0) is 11.3 Å². The van der Waals surface area contributed by atoms with Crippen molar-refractivity contribution in [2.75, 3.05) is 13.7 Å². The lowest BCUT2D eigenvalue weighted by molar-refractivity contribution is -0.126. The van der Waals surface area contributed by atoms with Crippen LogP contribution < -0.4 is 15.4 Å². The van der Waals surface area contributed by atoms with Gasteiger partial charge in [-0.3, -0.25) is 4.79 Å². The molecule has 2 heterocycles. The van der Waals surface area contributed by atoms with Crippen LogP contribution in [0, 0.1) is 5.41 Å². The first-order chi connectivity index (χ1) is 9.53. The molecule has 1 aromatic rings. The number of pyridine rings is 1. The van der Waals surface area contributed by atoms with E-state index in [1.807, 2.05) is 12.1 Å². The summed E-state index contributed by atoms with van der Waals surface area (Å²) in [5, 5.41) is 6.31. The maximum Gasteiger partial charge on any atom is 0.237 e. The van der Waals surface area contributed by atoms with E-state index in [1.165, 1.54) is 0 Å². The van der Waals surface area contributed by atoms with Crippen molar-refractivity contribution in [1.82, 2.24) is 15.6 Å². The number of ether oxygens (including phenoxy) is 1. The van der Waals surface area contributed by atoms with Crippen molar-refractivity contribution in [3.05, 3.63) is 23.9 Å². The van der Waals surface area contributed by atoms with E-state index < -0.39 is 0 Å². The number of rotatable bonds is 4. The van der Waals surface area contributed by atoms with Crippen molar-refractivity contribution in [2.45, 2.75) is 39.3 Å². The molecule has 20 heavy (non-hydrogen) atoms. The fourth-order valence-electron chi connectivity index (χ4n) is 2.62. The van der Waals surface area contributed by atoms with Gasteiger partial charge in [-0.25, -0.2) is 4.98 Å². The number of carbonyl (C=O) groups is 1. The Morgan fingerprint density at radius 3 is 3.10 bits per heavy atom. The first-order valence-corrected chi connectivity index (χ1v) is 7.03. The van der Waals surface area contributed by atoms with Crippen molar-refractivity contribution in [3.8, 4) is 5.88 Å². The third-order valence-electron chi connectivity index (χ3n) is 3.87. The van der Waals surface area contributed by atoms with Gasteiger partial charge in [-0.05, 0) is 36.4 Å². The predicted molar refractivity (Wildman–Crippen MR) is 77.4 cm³/mol. The van der Waals surface area contributed by atoms with E-state index >= 15 is 0 Å². The van der Waals surface area contributed by atoms with Crippen LogP contribution in [0.4, 0.5) is 0 Å². The van der Waals surface area contributed by atoms with Crippen LogP contribution >= 0.6 is 0 Å². The molecule has 0 spiro atoms. The monoisotopic (exact) mass is 277 g/mol. The lowest BCUT2D eigenvalue weighted by Crippen LogP contribution is -2.55. The largest absolute Gasteiger partial charge is 0.481 e. The first-order valence-electron chi connectivity index (χ1n) is 7.03. The van der Waals surface area contributed by atoms with Crippen molar-refractivity contribution in [1.29, 1.82) is 0 Å². The second kappa shape index (κ2) is 6.22. The molecule has 1 unspecified atom stereocenters. The molecule has 1 amide bonds. The van der Waals surface area contributed by atoms with Gasteiger partial charge in [0.25, 0.3) is 0 Å². The number of carbonyl (C=O) groups excluding carboxylic acids is 1. The number of hydrogen-bond acceptors (Lipinski definition) is 4. The molecule has 0 radical (unpaired) electrons. The van der Waals surface area contributed by atoms with Crippen LogP contribution in [0.3, 0.4) is 0 Å². The van der Waals surface area contributed by atoms with Crippen LogP contribution in [0.25, 0.3) is 0 Å². The molecule has 1 aliphatic heterocycles. The summed E-state index contributed by atoms with van der Waals surface area (Å²) in [4.78, 5) is 16.4. The van der Waals surface area contributed by atoms with Crippen molar-refractivity contribution in [3.63, 3.8) is 0 Å². The average molecular weight is 277 g/mol. The molecule has 1 aromatic heterocycles. The predicted octanol–water partition coefficient (Wildman–Crippen LogP) is 1.48. The Morgan fingerprint density at radius 1 is 1.60 bits per heavy atom. The van der Waals surface area contributed by atoms with Gasteiger partial charge >= 0.3 is 0 Å². The highest BCUT2D eigenvalue weighted by Gasteiger charge is 2.36. The van der Waals surface area contributed by atoms with E-state index in [2.05, 4.69) is 29.5 Å². The topological polar surface area (TPSA) is 63.2 Å². The summed E-state index contributed by atoms with van der Waals surface area (Å²) in [6.45, 7) is 5.67. The van der Waals surface area contributed by atoms with Crippen molar-refractivity contribution >= 4 is 5.91 Å². The Hall–Kier alpha value is -1.62. The second-order valence-corrected chi connectivity index (χ2v) is 5.90. The molecule has 1 fully saturated rings. The number of nitrogens with one attached hydrogen (secondary N) is 2. The van der Waals surface area contributed by atoms with Crippen molar-refractivity contribution in [2.24, 2.45) is 5.41 Å². The van der Waals surface area contributed by atoms with Gasteiger partial charge in [-0.15, -0.1) is 0 Å². The zero-order valence-electron chi connectivity index (χ0n) is 12.4. The molecule has 1 aliphatic rings. The van der Waals surface area contributed by atoms with E-state index in [-0.39, 0.29) is 17.4 Å². The highest BCUT2D eigenvalue weighted by atomic mass is 16.5. The third-order valence-corrected chi connectivity index (χ3v) is 3.87. The molecule has 2 rings (SSSR count). The van der Waals surface area contributed by atoms with Crippen molar-refractivity contribution < 1.29 is 9.53 Å². The van der Waals surface area contributed by atoms with Crippen LogP contribution in [0.2, 0.25) is 0 Å². The number of amides is 1. The van der Waals surface area contributed by atoms with E-state index in [9.17, 15) is 4.79 Å². The zero-order chi connectivity index (χ0) is 14.6. The zero-order valence-corrected chi connectivity index (χ0v) is 12.4. The molecule has 0 saturated carbocycles. The van der Waals surface area contributed by atoms with Gasteiger partial charge in [0.15, 0.2) is 0 Å². The molecule has 0 aliphatic carbocycles. The minimum Gasteiger partial charge on any atom is -0.481 e. The van der Waals surface area contributed by atoms with Crippen LogP contribution in [0.15, 0.2) is 18.3 Å². The second-order valence-electron chi connectivity index (χ2n) is 5.90. The first kappa shape index (κ1) is 14.8. The van der Waals surface area contributed by atoms with Gasteiger partial charge in [0.1, 0.15) is 0 Å². The summed E-state index contributed by atoms with van der Waals surface area (Å²) in [6.07, 6.45) is 3.88. The van der Waals surface area contributed by atoms with Gasteiger partial charge in [0.05, 0.1) is 13.2 Å². The number of methoxy groups -OCH3 is 1. The van der Waals surface area contributed by atoms with Crippen LogP contribution in [-0.4, -0.2) is 30.6 Å². The minimum absolute atomic E-state index is 0.00172. The van der Waals surface area contributed by atoms with Gasteiger partial charge < -0.3 is 15.4 Å². The smallest absolute Gasteiger partial charge is 0.237 e. The Bertz CT molecular complexity index is 474. The summed E-state index contributed by atoms with van der Waals surface area (Å²) in [5.41, 5.74) is 0.983. The highest BCUT2D eigenvalue weighted by molar-refractivity contribution is 5.82. The molecule has 1 atom stereocenters. The van der Waals surface area contributed by atoms with E-state index in [0.29, 0.717) is 12.4 Å². The standard InChI is InChI=1S/C15H23N3O2/c1-15(2)6-4-7-17-13(15)14(19)18-10-11-5-8-16-12(9-11)20-3/h5,8-9,13,17H,4,6-7,10H2,1-3H3,(H,18,19). The third kappa shape index (κ3) is 3.48. The summed E-state index contributed by atoms with van der Waals surface area (Å²) in [6, 6.07) is 3.59. The molecule has 2 N–H and O–H groups in total. The molecule has 5 nitrogen and oxygen atoms in total.